The number of hydrogen-bond acceptors (Lipinski definition) is 7. The number of thioether (sulfide) groups is 1. The molecule has 5 N–H and O–H groups in total. The average molecular weight is 513 g/mol. The van der Waals surface area contributed by atoms with E-state index in [2.05, 4.69) is 46.7 Å². The van der Waals surface area contributed by atoms with Crippen LogP contribution in [0.4, 0.5) is 23.0 Å². The summed E-state index contributed by atoms with van der Waals surface area (Å²) in [6.07, 6.45) is 1.89. The molecular weight excluding hydrogens is 484 g/mol. The van der Waals surface area contributed by atoms with Gasteiger partial charge in [-0.15, -0.1) is 5.10 Å². The molecule has 0 aliphatic heterocycles. The van der Waals surface area contributed by atoms with Crippen LogP contribution in [0.5, 0.6) is 0 Å². The molecule has 1 amide bonds. The van der Waals surface area contributed by atoms with Gasteiger partial charge in [-0.2, -0.15) is 5.10 Å². The number of aromatic nitrogens is 5. The molecule has 5 aromatic rings. The molecule has 0 aliphatic carbocycles. The van der Waals surface area contributed by atoms with Crippen molar-refractivity contribution in [2.24, 2.45) is 0 Å². The number of nitrogens with zero attached hydrogens (tertiary/aromatic N) is 4. The van der Waals surface area contributed by atoms with Crippen LogP contribution in [0.15, 0.2) is 78.1 Å². The van der Waals surface area contributed by atoms with E-state index in [1.54, 1.807) is 28.8 Å². The van der Waals surface area contributed by atoms with Crippen molar-refractivity contribution in [1.29, 1.82) is 0 Å². The molecule has 188 valence electrons. The van der Waals surface area contributed by atoms with Crippen molar-refractivity contribution in [1.82, 2.24) is 24.8 Å². The fourth-order valence-electron chi connectivity index (χ4n) is 3.66. The molecule has 5 rings (SSSR count). The van der Waals surface area contributed by atoms with Crippen LogP contribution in [0.25, 0.3) is 5.52 Å². The maximum Gasteiger partial charge on any atom is 0.255 e. The highest BCUT2D eigenvalue weighted by molar-refractivity contribution is 7.98. The van der Waals surface area contributed by atoms with Gasteiger partial charge in [-0.1, -0.05) is 56.8 Å². The van der Waals surface area contributed by atoms with Crippen LogP contribution in [-0.2, 0) is 11.2 Å². The van der Waals surface area contributed by atoms with Crippen LogP contribution in [0.1, 0.15) is 42.4 Å². The zero-order valence-corrected chi connectivity index (χ0v) is 21.6. The Morgan fingerprint density at radius 2 is 1.86 bits per heavy atom. The van der Waals surface area contributed by atoms with Crippen molar-refractivity contribution in [3.63, 3.8) is 0 Å². The molecule has 3 aromatic heterocycles. The summed E-state index contributed by atoms with van der Waals surface area (Å²) >= 11 is 1.52. The first kappa shape index (κ1) is 24.4. The van der Waals surface area contributed by atoms with Crippen LogP contribution < -0.4 is 16.4 Å². The molecule has 0 radical (unpaired) electrons. The van der Waals surface area contributed by atoms with Gasteiger partial charge in [-0.25, -0.2) is 9.50 Å². The van der Waals surface area contributed by atoms with Crippen molar-refractivity contribution in [2.75, 3.05) is 16.4 Å². The highest BCUT2D eigenvalue weighted by atomic mass is 32.2. The molecule has 0 fully saturated rings. The monoisotopic (exact) mass is 512 g/mol. The third-order valence-corrected chi connectivity index (χ3v) is 6.71. The second-order valence-electron chi connectivity index (χ2n) is 9.65. The van der Waals surface area contributed by atoms with Crippen molar-refractivity contribution in [3.05, 3.63) is 89.7 Å². The lowest BCUT2D eigenvalue weighted by molar-refractivity contribution is 0.102. The Labute approximate surface area is 218 Å². The summed E-state index contributed by atoms with van der Waals surface area (Å²) in [6.45, 7) is 6.40. The summed E-state index contributed by atoms with van der Waals surface area (Å²) < 4.78 is 1.80. The number of rotatable bonds is 7. The number of carbonyl (C=O) groups is 1. The molecule has 0 atom stereocenters. The first-order valence-electron chi connectivity index (χ1n) is 11.8. The summed E-state index contributed by atoms with van der Waals surface area (Å²) in [5, 5.41) is 18.9. The van der Waals surface area contributed by atoms with Gasteiger partial charge < -0.3 is 16.4 Å². The highest BCUT2D eigenvalue weighted by Gasteiger charge is 2.18. The lowest BCUT2D eigenvalue weighted by Gasteiger charge is -2.14. The summed E-state index contributed by atoms with van der Waals surface area (Å²) in [4.78, 5) is 17.3. The number of H-pyrrole nitrogens is 1. The van der Waals surface area contributed by atoms with Crippen molar-refractivity contribution < 1.29 is 4.79 Å². The molecule has 0 aliphatic rings. The maximum absolute atomic E-state index is 12.6. The van der Waals surface area contributed by atoms with E-state index < -0.39 is 0 Å². The molecule has 0 bridgehead atoms. The third kappa shape index (κ3) is 5.59. The molecule has 37 heavy (non-hydrogen) atoms. The van der Waals surface area contributed by atoms with E-state index in [-0.39, 0.29) is 11.3 Å². The quantitative estimate of drug-likeness (QED) is 0.165. The van der Waals surface area contributed by atoms with Gasteiger partial charge >= 0.3 is 0 Å². The number of fused-ring (bicyclic) bond motifs is 1. The molecule has 10 heteroatoms. The van der Waals surface area contributed by atoms with Gasteiger partial charge in [-0.3, -0.25) is 9.89 Å². The normalized spacial score (nSPS) is 11.5. The zero-order chi connectivity index (χ0) is 26.0. The van der Waals surface area contributed by atoms with Crippen molar-refractivity contribution >= 4 is 46.2 Å². The Bertz CT molecular complexity index is 1550. The highest BCUT2D eigenvalue weighted by Crippen LogP contribution is 2.27. The molecular formula is C27H28N8OS. The van der Waals surface area contributed by atoms with Gasteiger partial charge in [0.05, 0.1) is 11.4 Å². The second kappa shape index (κ2) is 9.98. The predicted molar refractivity (Wildman–Crippen MR) is 148 cm³/mol. The molecule has 3 heterocycles. The van der Waals surface area contributed by atoms with E-state index >= 15 is 0 Å². The summed E-state index contributed by atoms with van der Waals surface area (Å²) in [5.41, 5.74) is 10.5. The molecule has 9 nitrogen and oxygen atoms in total. The zero-order valence-electron chi connectivity index (χ0n) is 20.8. The number of nitrogen functional groups attached to an aromatic ring is 1. The summed E-state index contributed by atoms with van der Waals surface area (Å²) in [5.74, 6) is 1.83. The van der Waals surface area contributed by atoms with Gasteiger partial charge in [0, 0.05) is 34.7 Å². The van der Waals surface area contributed by atoms with Crippen molar-refractivity contribution in [3.8, 4) is 0 Å². The fourth-order valence-corrected chi connectivity index (χ4v) is 4.45. The SMILES string of the molecule is CC(C)(C)c1cc(Nc2nc(SCc3ccc(C(=O)Nc4ccccc4N)cc3)nn3cccc23)n[nH]1. The topological polar surface area (TPSA) is 126 Å². The van der Waals surface area contributed by atoms with Gasteiger partial charge in [0.15, 0.2) is 11.6 Å². The first-order chi connectivity index (χ1) is 17.8. The lowest BCUT2D eigenvalue weighted by Crippen LogP contribution is -2.13. The number of amides is 1. The minimum atomic E-state index is -0.206. The number of carbonyl (C=O) groups excluding carboxylic acids is 1. The largest absolute Gasteiger partial charge is 0.397 e. The van der Waals surface area contributed by atoms with Gasteiger partial charge in [0.25, 0.3) is 5.91 Å². The lowest BCUT2D eigenvalue weighted by atomic mass is 9.92. The molecule has 0 saturated carbocycles. The number of anilines is 4. The Kier molecular flexibility index (Phi) is 6.58. The Morgan fingerprint density at radius 1 is 1.08 bits per heavy atom. The summed E-state index contributed by atoms with van der Waals surface area (Å²) in [6, 6.07) is 20.5. The second-order valence-corrected chi connectivity index (χ2v) is 10.6. The van der Waals surface area contributed by atoms with E-state index in [4.69, 9.17) is 10.7 Å². The van der Waals surface area contributed by atoms with E-state index in [0.29, 0.717) is 39.5 Å². The van der Waals surface area contributed by atoms with E-state index in [1.165, 1.54) is 11.8 Å². The third-order valence-electron chi connectivity index (χ3n) is 5.80. The maximum atomic E-state index is 12.6. The van der Waals surface area contributed by atoms with Crippen molar-refractivity contribution in [2.45, 2.75) is 37.1 Å². The van der Waals surface area contributed by atoms with E-state index in [0.717, 1.165) is 16.8 Å². The van der Waals surface area contributed by atoms with Gasteiger partial charge in [0.1, 0.15) is 5.52 Å². The van der Waals surface area contributed by atoms with Gasteiger partial charge in [-0.05, 0) is 42.0 Å². The van der Waals surface area contributed by atoms with Crippen LogP contribution in [0, 0.1) is 0 Å². The van der Waals surface area contributed by atoms with Crippen LogP contribution in [-0.4, -0.2) is 30.7 Å². The first-order valence-corrected chi connectivity index (χ1v) is 12.8. The van der Waals surface area contributed by atoms with Crippen LogP contribution in [0.3, 0.4) is 0 Å². The summed E-state index contributed by atoms with van der Waals surface area (Å²) in [7, 11) is 0. The number of nitrogens with two attached hydrogens (primary N) is 1. The number of hydrogen-bond donors (Lipinski definition) is 4. The average Bonchev–Trinajstić information content (AvgIpc) is 3.54. The van der Waals surface area contributed by atoms with Crippen LogP contribution in [0.2, 0.25) is 0 Å². The Hall–Kier alpha value is -4.31. The fraction of sp³-hybridized carbons (Fsp3) is 0.185. The number of benzene rings is 2. The Morgan fingerprint density at radius 3 is 2.59 bits per heavy atom. The predicted octanol–water partition coefficient (Wildman–Crippen LogP) is 5.62. The van der Waals surface area contributed by atoms with E-state index in [1.807, 2.05) is 48.7 Å². The minimum Gasteiger partial charge on any atom is -0.397 e. The number of nitrogens with one attached hydrogen (secondary N) is 3. The molecule has 0 unspecified atom stereocenters. The molecule has 2 aromatic carbocycles. The van der Waals surface area contributed by atoms with Crippen LogP contribution >= 0.6 is 11.8 Å². The Balaban J connectivity index is 1.27. The molecule has 0 saturated heterocycles. The van der Waals surface area contributed by atoms with Gasteiger partial charge in [0.2, 0.25) is 5.16 Å². The standard InChI is InChI=1S/C27H28N8OS/c1-27(2,3)22-15-23(33-32-22)30-24-21-9-6-14-35(21)34-26(31-24)37-16-17-10-12-18(13-11-17)25(36)29-20-8-5-4-7-19(20)28/h4-15H,16,28H2,1-3H3,(H,29,36)(H2,30,31,32,33,34). The minimum absolute atomic E-state index is 0.0326. The van der Waals surface area contributed by atoms with E-state index in [9.17, 15) is 4.79 Å². The number of aromatic amines is 1. The number of para-hydroxylation sites is 2. The molecule has 0 spiro atoms. The smallest absolute Gasteiger partial charge is 0.255 e.